The molecule has 0 amide bonds. The summed E-state index contributed by atoms with van der Waals surface area (Å²) >= 11 is 0. The number of benzene rings is 1. The first-order valence-corrected chi connectivity index (χ1v) is 5.73. The lowest BCUT2D eigenvalue weighted by Crippen LogP contribution is -2.20. The summed E-state index contributed by atoms with van der Waals surface area (Å²) in [6, 6.07) is 6.54. The lowest BCUT2D eigenvalue weighted by Gasteiger charge is -2.06. The van der Waals surface area contributed by atoms with Gasteiger partial charge in [0.05, 0.1) is 13.7 Å². The zero-order valence-corrected chi connectivity index (χ0v) is 10.9. The predicted molar refractivity (Wildman–Crippen MR) is 66.1 cm³/mol. The molecule has 0 saturated heterocycles. The number of esters is 2. The van der Waals surface area contributed by atoms with Gasteiger partial charge in [-0.25, -0.2) is 9.59 Å². The highest BCUT2D eigenvalue weighted by Crippen LogP contribution is 2.16. The third-order valence-corrected chi connectivity index (χ3v) is 2.04. The molecule has 0 aliphatic heterocycles. The minimum atomic E-state index is -0.588. The van der Waals surface area contributed by atoms with Gasteiger partial charge in [-0.15, -0.1) is 0 Å². The fraction of sp³-hybridized carbons (Fsp3) is 0.385. The van der Waals surface area contributed by atoms with Gasteiger partial charge < -0.3 is 18.9 Å². The fourth-order valence-electron chi connectivity index (χ4n) is 1.23. The average Bonchev–Trinajstić information content (AvgIpc) is 2.40. The summed E-state index contributed by atoms with van der Waals surface area (Å²) < 4.78 is 19.4. The number of rotatable bonds is 7. The van der Waals surface area contributed by atoms with E-state index in [0.29, 0.717) is 11.5 Å². The summed E-state index contributed by atoms with van der Waals surface area (Å²) in [6.45, 7) is 1.38. The number of hydrogen-bond donors (Lipinski definition) is 0. The number of ether oxygens (including phenoxy) is 4. The largest absolute Gasteiger partial charge is 0.497 e. The Labute approximate surface area is 111 Å². The Morgan fingerprint density at radius 2 is 1.58 bits per heavy atom. The van der Waals surface area contributed by atoms with Gasteiger partial charge in [-0.1, -0.05) is 0 Å². The van der Waals surface area contributed by atoms with E-state index in [1.165, 1.54) is 0 Å². The van der Waals surface area contributed by atoms with Crippen LogP contribution in [0.4, 0.5) is 0 Å². The molecule has 0 saturated carbocycles. The summed E-state index contributed by atoms with van der Waals surface area (Å²) in [5.41, 5.74) is 0. The molecule has 0 spiro atoms. The smallest absolute Gasteiger partial charge is 0.337 e. The summed E-state index contributed by atoms with van der Waals surface area (Å²) in [7, 11) is 1.55. The maximum Gasteiger partial charge on any atom is 0.337 e. The van der Waals surface area contributed by atoms with E-state index in [-0.39, 0.29) is 19.8 Å². The molecule has 0 heterocycles. The van der Waals surface area contributed by atoms with Crippen molar-refractivity contribution in [2.45, 2.75) is 6.92 Å². The third-order valence-electron chi connectivity index (χ3n) is 2.04. The van der Waals surface area contributed by atoms with Crippen molar-refractivity contribution in [3.8, 4) is 11.5 Å². The van der Waals surface area contributed by atoms with Gasteiger partial charge in [-0.3, -0.25) is 0 Å². The number of hydrogen-bond acceptors (Lipinski definition) is 6. The van der Waals surface area contributed by atoms with Crippen molar-refractivity contribution < 1.29 is 28.5 Å². The van der Waals surface area contributed by atoms with E-state index >= 15 is 0 Å². The second-order valence-electron chi connectivity index (χ2n) is 3.45. The Morgan fingerprint density at radius 1 is 1.00 bits per heavy atom. The van der Waals surface area contributed by atoms with Crippen molar-refractivity contribution >= 4 is 11.9 Å². The van der Waals surface area contributed by atoms with Crippen LogP contribution in [-0.4, -0.2) is 38.9 Å². The zero-order chi connectivity index (χ0) is 14.1. The molecule has 0 aromatic heterocycles. The van der Waals surface area contributed by atoms with E-state index in [1.54, 1.807) is 38.3 Å². The van der Waals surface area contributed by atoms with E-state index in [4.69, 9.17) is 14.2 Å². The molecule has 0 fully saturated rings. The van der Waals surface area contributed by atoms with Crippen molar-refractivity contribution in [3.63, 3.8) is 0 Å². The molecule has 104 valence electrons. The number of carbonyl (C=O) groups excluding carboxylic acids is 2. The van der Waals surface area contributed by atoms with Crippen molar-refractivity contribution in [1.29, 1.82) is 0 Å². The highest BCUT2D eigenvalue weighted by molar-refractivity contribution is 5.75. The molecule has 19 heavy (non-hydrogen) atoms. The van der Waals surface area contributed by atoms with Crippen molar-refractivity contribution in [2.24, 2.45) is 0 Å². The highest BCUT2D eigenvalue weighted by Gasteiger charge is 2.08. The van der Waals surface area contributed by atoms with Crippen molar-refractivity contribution in [2.75, 3.05) is 26.9 Å². The summed E-state index contributed by atoms with van der Waals surface area (Å²) in [4.78, 5) is 22.3. The van der Waals surface area contributed by atoms with Crippen LogP contribution in [0.2, 0.25) is 0 Å². The molecule has 1 aromatic carbocycles. The Bertz CT molecular complexity index is 412. The summed E-state index contributed by atoms with van der Waals surface area (Å²) in [6.07, 6.45) is 0. The normalized spacial score (nSPS) is 9.79. The first-order chi connectivity index (χ1) is 9.15. The molecule has 0 aliphatic carbocycles. The summed E-state index contributed by atoms with van der Waals surface area (Å²) in [5.74, 6) is -0.0573. The Kier molecular flexibility index (Phi) is 6.38. The van der Waals surface area contributed by atoms with Crippen molar-refractivity contribution in [1.82, 2.24) is 0 Å². The monoisotopic (exact) mass is 268 g/mol. The molecular weight excluding hydrogens is 252 g/mol. The lowest BCUT2D eigenvalue weighted by molar-refractivity contribution is -0.151. The molecule has 0 N–H and O–H groups in total. The van der Waals surface area contributed by atoms with Gasteiger partial charge >= 0.3 is 11.9 Å². The zero-order valence-electron chi connectivity index (χ0n) is 10.9. The molecule has 1 aromatic rings. The minimum absolute atomic E-state index is 0.272. The molecule has 0 unspecified atom stereocenters. The Hall–Kier alpha value is -2.08. The van der Waals surface area contributed by atoms with E-state index in [2.05, 4.69) is 4.74 Å². The van der Waals surface area contributed by atoms with Gasteiger partial charge in [0.25, 0.3) is 0 Å². The van der Waals surface area contributed by atoms with E-state index < -0.39 is 11.9 Å². The molecule has 6 nitrogen and oxygen atoms in total. The Morgan fingerprint density at radius 3 is 2.16 bits per heavy atom. The minimum Gasteiger partial charge on any atom is -0.497 e. The van der Waals surface area contributed by atoms with Crippen LogP contribution in [-0.2, 0) is 19.1 Å². The van der Waals surface area contributed by atoms with Gasteiger partial charge in [0, 0.05) is 0 Å². The van der Waals surface area contributed by atoms with Gasteiger partial charge in [-0.05, 0) is 31.2 Å². The highest BCUT2D eigenvalue weighted by atomic mass is 16.6. The van der Waals surface area contributed by atoms with Gasteiger partial charge in [0.15, 0.2) is 0 Å². The fourth-order valence-corrected chi connectivity index (χ4v) is 1.23. The number of carbonyl (C=O) groups is 2. The first kappa shape index (κ1) is 15.0. The summed E-state index contributed by atoms with van der Waals surface area (Å²) in [5, 5.41) is 0. The van der Waals surface area contributed by atoms with Crippen LogP contribution in [0.15, 0.2) is 24.3 Å². The van der Waals surface area contributed by atoms with Gasteiger partial charge in [-0.2, -0.15) is 0 Å². The molecule has 0 atom stereocenters. The maximum absolute atomic E-state index is 11.4. The molecule has 0 bridgehead atoms. The van der Waals surface area contributed by atoms with Crippen LogP contribution in [0.1, 0.15) is 6.92 Å². The van der Waals surface area contributed by atoms with Crippen molar-refractivity contribution in [3.05, 3.63) is 24.3 Å². The van der Waals surface area contributed by atoms with E-state index in [1.807, 2.05) is 0 Å². The maximum atomic E-state index is 11.4. The van der Waals surface area contributed by atoms with Gasteiger partial charge in [0.1, 0.15) is 24.7 Å². The third kappa shape index (κ3) is 5.87. The second kappa shape index (κ2) is 8.10. The van der Waals surface area contributed by atoms with Gasteiger partial charge in [0.2, 0.25) is 0 Å². The average molecular weight is 268 g/mol. The quantitative estimate of drug-likeness (QED) is 0.546. The van der Waals surface area contributed by atoms with Crippen LogP contribution in [0, 0.1) is 0 Å². The van der Waals surface area contributed by atoms with Crippen LogP contribution in [0.3, 0.4) is 0 Å². The van der Waals surface area contributed by atoms with Crippen LogP contribution in [0.25, 0.3) is 0 Å². The molecule has 0 radical (unpaired) electrons. The molecular formula is C13H16O6. The molecule has 6 heteroatoms. The standard InChI is InChI=1S/C13H16O6/c1-3-18-12(14)8-17-9-13(15)19-11-6-4-10(16-2)5-7-11/h4-7H,3,8-9H2,1-2H3. The SMILES string of the molecule is CCOC(=O)COCC(=O)Oc1ccc(OC)cc1. The first-order valence-electron chi connectivity index (χ1n) is 5.73. The van der Waals surface area contributed by atoms with Crippen LogP contribution >= 0.6 is 0 Å². The predicted octanol–water partition coefficient (Wildman–Crippen LogP) is 1.18. The van der Waals surface area contributed by atoms with E-state index in [9.17, 15) is 9.59 Å². The second-order valence-corrected chi connectivity index (χ2v) is 3.45. The van der Waals surface area contributed by atoms with Crippen LogP contribution < -0.4 is 9.47 Å². The Balaban J connectivity index is 2.28. The molecule has 1 rings (SSSR count). The number of methoxy groups -OCH3 is 1. The topological polar surface area (TPSA) is 71.1 Å². The van der Waals surface area contributed by atoms with Crippen LogP contribution in [0.5, 0.6) is 11.5 Å². The lowest BCUT2D eigenvalue weighted by atomic mass is 10.3. The van der Waals surface area contributed by atoms with E-state index in [0.717, 1.165) is 0 Å². The molecule has 0 aliphatic rings.